The number of nitrogens with one attached hydrogen (secondary N) is 1. The number of aryl methyl sites for hydroxylation is 1. The minimum Gasteiger partial charge on any atom is -0.761 e. The average Bonchev–Trinajstić information content (AvgIpc) is 2.29. The average molecular weight is 215 g/mol. The summed E-state index contributed by atoms with van der Waals surface area (Å²) in [6, 6.07) is 6.95. The molecule has 16 heavy (non-hydrogen) atoms. The Bertz CT molecular complexity index is 513. The molecule has 0 fully saturated rings. The van der Waals surface area contributed by atoms with E-state index in [0.717, 1.165) is 11.3 Å². The Morgan fingerprint density at radius 1 is 1.31 bits per heavy atom. The molecule has 0 atom stereocenters. The lowest BCUT2D eigenvalue weighted by Crippen LogP contribution is -1.95. The number of nitrogens with zero attached hydrogens (tertiary/aromatic N) is 2. The van der Waals surface area contributed by atoms with Crippen LogP contribution in [-0.4, -0.2) is 9.97 Å². The summed E-state index contributed by atoms with van der Waals surface area (Å²) >= 11 is 0. The molecule has 1 aromatic carbocycles. The Balaban J connectivity index is 2.48. The Hall–Kier alpha value is -2.14. The number of nitrogen functional groups attached to an aromatic ring is 1. The summed E-state index contributed by atoms with van der Waals surface area (Å²) < 4.78 is 0. The smallest absolute Gasteiger partial charge is 0.125 e. The van der Waals surface area contributed by atoms with Gasteiger partial charge in [0.05, 0.1) is 11.4 Å². The molecular formula is C11H11N4O-. The molecule has 5 nitrogen and oxygen atoms in total. The molecule has 1 aromatic heterocycles. The normalized spacial score (nSPS) is 10.1. The topological polar surface area (TPSA) is 86.9 Å². The first kappa shape index (κ1) is 10.4. The maximum Gasteiger partial charge on any atom is 0.125 e. The van der Waals surface area contributed by atoms with Crippen molar-refractivity contribution in [3.05, 3.63) is 41.5 Å². The minimum absolute atomic E-state index is 0.355. The van der Waals surface area contributed by atoms with Crippen molar-refractivity contribution in [2.24, 2.45) is 0 Å². The third-order valence-corrected chi connectivity index (χ3v) is 2.24. The van der Waals surface area contributed by atoms with E-state index < -0.39 is 0 Å². The van der Waals surface area contributed by atoms with Crippen molar-refractivity contribution in [2.75, 3.05) is 11.2 Å². The molecule has 0 spiro atoms. The van der Waals surface area contributed by atoms with Gasteiger partial charge in [0.25, 0.3) is 0 Å². The number of aromatic nitrogens is 2. The predicted molar refractivity (Wildman–Crippen MR) is 63.6 cm³/mol. The molecule has 2 aromatic rings. The molecule has 0 aliphatic heterocycles. The summed E-state index contributed by atoms with van der Waals surface area (Å²) in [5.74, 6) is 0.686. The van der Waals surface area contributed by atoms with Gasteiger partial charge in [-0.2, -0.15) is 0 Å². The number of hydrogen-bond acceptors (Lipinski definition) is 5. The molecule has 0 radical (unpaired) electrons. The second-order valence-corrected chi connectivity index (χ2v) is 3.39. The summed E-state index contributed by atoms with van der Waals surface area (Å²) in [5, 5.41) is 10.6. The van der Waals surface area contributed by atoms with Crippen LogP contribution >= 0.6 is 0 Å². The van der Waals surface area contributed by atoms with Gasteiger partial charge in [-0.05, 0) is 25.1 Å². The zero-order valence-corrected chi connectivity index (χ0v) is 8.77. The molecule has 2 rings (SSSR count). The third-order valence-electron chi connectivity index (χ3n) is 2.24. The number of hydrogen-bond donors (Lipinski definition) is 2. The molecule has 3 N–H and O–H groups in total. The molecular weight excluding hydrogens is 204 g/mol. The van der Waals surface area contributed by atoms with Crippen LogP contribution in [0.25, 0.3) is 11.3 Å². The first-order chi connectivity index (χ1) is 7.70. The van der Waals surface area contributed by atoms with Gasteiger partial charge < -0.3 is 16.4 Å². The van der Waals surface area contributed by atoms with E-state index in [1.165, 1.54) is 0 Å². The molecule has 1 heterocycles. The molecule has 0 aliphatic rings. The zero-order chi connectivity index (χ0) is 11.5. The summed E-state index contributed by atoms with van der Waals surface area (Å²) in [6.07, 6.45) is 1.68. The van der Waals surface area contributed by atoms with Crippen LogP contribution in [0, 0.1) is 12.1 Å². The van der Waals surface area contributed by atoms with Crippen LogP contribution in [0.2, 0.25) is 0 Å². The van der Waals surface area contributed by atoms with Crippen LogP contribution in [0.4, 0.5) is 11.4 Å². The van der Waals surface area contributed by atoms with Crippen molar-refractivity contribution >= 4 is 11.4 Å². The van der Waals surface area contributed by atoms with Crippen LogP contribution in [0.15, 0.2) is 30.5 Å². The van der Waals surface area contributed by atoms with Crippen LogP contribution in [0.1, 0.15) is 5.82 Å². The Morgan fingerprint density at radius 2 is 2.12 bits per heavy atom. The number of anilines is 2. The lowest BCUT2D eigenvalue weighted by atomic mass is 10.1. The van der Waals surface area contributed by atoms with Crippen molar-refractivity contribution in [1.82, 2.24) is 9.97 Å². The summed E-state index contributed by atoms with van der Waals surface area (Å²) in [7, 11) is 0. The van der Waals surface area contributed by atoms with Crippen molar-refractivity contribution in [3.8, 4) is 11.3 Å². The quantitative estimate of drug-likeness (QED) is 0.590. The number of nitrogens with two attached hydrogens (primary N) is 1. The number of rotatable bonds is 2. The van der Waals surface area contributed by atoms with Gasteiger partial charge in [-0.25, -0.2) is 9.97 Å². The minimum atomic E-state index is 0.355. The van der Waals surface area contributed by atoms with E-state index in [4.69, 9.17) is 5.73 Å². The van der Waals surface area contributed by atoms with Crippen LogP contribution in [0.5, 0.6) is 0 Å². The van der Waals surface area contributed by atoms with Crippen molar-refractivity contribution in [2.45, 2.75) is 6.92 Å². The third kappa shape index (κ3) is 1.94. The fourth-order valence-electron chi connectivity index (χ4n) is 1.42. The largest absolute Gasteiger partial charge is 0.761 e. The lowest BCUT2D eigenvalue weighted by Gasteiger charge is -2.13. The monoisotopic (exact) mass is 215 g/mol. The molecule has 0 bridgehead atoms. The van der Waals surface area contributed by atoms with E-state index in [2.05, 4.69) is 9.97 Å². The van der Waals surface area contributed by atoms with E-state index in [1.807, 2.05) is 13.0 Å². The molecule has 0 saturated carbocycles. The highest BCUT2D eigenvalue weighted by atomic mass is 16.5. The zero-order valence-electron chi connectivity index (χ0n) is 8.77. The Morgan fingerprint density at radius 3 is 2.81 bits per heavy atom. The second-order valence-electron chi connectivity index (χ2n) is 3.39. The maximum atomic E-state index is 10.6. The molecule has 0 amide bonds. The molecule has 0 unspecified atom stereocenters. The van der Waals surface area contributed by atoms with Gasteiger partial charge >= 0.3 is 0 Å². The van der Waals surface area contributed by atoms with Crippen molar-refractivity contribution in [1.29, 1.82) is 0 Å². The van der Waals surface area contributed by atoms with Crippen LogP contribution in [0.3, 0.4) is 0 Å². The highest BCUT2D eigenvalue weighted by Gasteiger charge is 2.02. The van der Waals surface area contributed by atoms with Gasteiger partial charge in [0.2, 0.25) is 0 Å². The van der Waals surface area contributed by atoms with E-state index in [0.29, 0.717) is 17.2 Å². The second kappa shape index (κ2) is 4.16. The molecule has 0 saturated heterocycles. The van der Waals surface area contributed by atoms with Crippen LogP contribution in [-0.2, 0) is 0 Å². The van der Waals surface area contributed by atoms with Gasteiger partial charge in [-0.1, -0.05) is 6.07 Å². The van der Waals surface area contributed by atoms with Crippen LogP contribution < -0.4 is 11.2 Å². The summed E-state index contributed by atoms with van der Waals surface area (Å²) in [5.41, 5.74) is 9.79. The molecule has 0 aliphatic carbocycles. The predicted octanol–water partition coefficient (Wildman–Crippen LogP) is 1.94. The first-order valence-corrected chi connectivity index (χ1v) is 4.78. The maximum absolute atomic E-state index is 10.6. The summed E-state index contributed by atoms with van der Waals surface area (Å²) in [6.45, 7) is 1.81. The van der Waals surface area contributed by atoms with E-state index in [9.17, 15) is 5.21 Å². The van der Waals surface area contributed by atoms with Crippen molar-refractivity contribution < 1.29 is 0 Å². The molecule has 5 heteroatoms. The summed E-state index contributed by atoms with van der Waals surface area (Å²) in [4.78, 5) is 8.28. The van der Waals surface area contributed by atoms with E-state index in [-0.39, 0.29) is 0 Å². The molecule has 82 valence electrons. The van der Waals surface area contributed by atoms with E-state index in [1.54, 1.807) is 29.9 Å². The van der Waals surface area contributed by atoms with E-state index >= 15 is 0 Å². The van der Waals surface area contributed by atoms with Gasteiger partial charge in [-0.3, -0.25) is 0 Å². The van der Waals surface area contributed by atoms with Gasteiger partial charge in [-0.15, -0.1) is 0 Å². The highest BCUT2D eigenvalue weighted by Crippen LogP contribution is 2.25. The van der Waals surface area contributed by atoms with Gasteiger partial charge in [0, 0.05) is 17.4 Å². The van der Waals surface area contributed by atoms with Gasteiger partial charge in [0.15, 0.2) is 0 Å². The van der Waals surface area contributed by atoms with Crippen molar-refractivity contribution in [3.63, 3.8) is 0 Å². The highest BCUT2D eigenvalue weighted by molar-refractivity contribution is 5.74. The lowest BCUT2D eigenvalue weighted by molar-refractivity contribution is 1.06. The Labute approximate surface area is 92.9 Å². The van der Waals surface area contributed by atoms with Gasteiger partial charge in [0.1, 0.15) is 5.82 Å². The SMILES string of the molecule is Cc1nccc(-c2ccc(N)c(N[O-])c2)n1. The fraction of sp³-hybridized carbons (Fsp3) is 0.0909. The first-order valence-electron chi connectivity index (χ1n) is 4.78. The Kier molecular flexibility index (Phi) is 2.70. The number of benzene rings is 1. The standard InChI is InChI=1S/C11H11N4O/c1-7-13-5-4-10(14-7)8-2-3-9(12)11(6-8)15-16/h2-6,15H,12H2,1H3/q-1. The fourth-order valence-corrected chi connectivity index (χ4v) is 1.42.